The third-order valence-corrected chi connectivity index (χ3v) is 9.40. The largest absolute Gasteiger partial charge is 0.477 e. The van der Waals surface area contributed by atoms with Crippen molar-refractivity contribution in [2.45, 2.75) is 156 Å². The van der Waals surface area contributed by atoms with Gasteiger partial charge in [0.15, 0.2) is 12.6 Å². The van der Waals surface area contributed by atoms with E-state index in [4.69, 9.17) is 28.4 Å². The van der Waals surface area contributed by atoms with E-state index in [1.807, 2.05) is 0 Å². The number of rotatable bonds is 12. The number of aliphatic hydroxyl groups is 10. The van der Waals surface area contributed by atoms with Gasteiger partial charge in [0.05, 0.1) is 43.7 Å². The predicted octanol–water partition coefficient (Wildman–Crippen LogP) is -5.87. The molecular formula is C29H49NO19. The Labute approximate surface area is 280 Å². The van der Waals surface area contributed by atoms with Gasteiger partial charge in [0.25, 0.3) is 5.79 Å². The van der Waals surface area contributed by atoms with E-state index in [1.54, 1.807) is 0 Å². The van der Waals surface area contributed by atoms with E-state index >= 15 is 0 Å². The molecule has 0 aromatic carbocycles. The number of amides is 1. The SMILES string of the molecule is CC(=O)NC1C(O)C[C@](OC2C(O)C(OC3CCCCC3OC3OC(C)C(O)C(O)C3O)O[C@H](CO)C2O)(C(=O)O)OC1C(O)C(O)CO. The van der Waals surface area contributed by atoms with Gasteiger partial charge in [0.1, 0.15) is 61.0 Å². The molecule has 3 heterocycles. The van der Waals surface area contributed by atoms with Crippen molar-refractivity contribution in [2.75, 3.05) is 13.2 Å². The lowest BCUT2D eigenvalue weighted by Crippen LogP contribution is -2.70. The summed E-state index contributed by atoms with van der Waals surface area (Å²) in [5.41, 5.74) is 0. The summed E-state index contributed by atoms with van der Waals surface area (Å²) in [4.78, 5) is 24.6. The van der Waals surface area contributed by atoms with E-state index < -0.39 is 141 Å². The van der Waals surface area contributed by atoms with Crippen molar-refractivity contribution in [1.29, 1.82) is 0 Å². The molecule has 0 radical (unpaired) electrons. The van der Waals surface area contributed by atoms with E-state index in [1.165, 1.54) is 6.92 Å². The summed E-state index contributed by atoms with van der Waals surface area (Å²) in [6.07, 6.45) is -24.2. The number of nitrogens with one attached hydrogen (secondary N) is 1. The molecule has 20 heteroatoms. The van der Waals surface area contributed by atoms with Crippen LogP contribution in [0.5, 0.6) is 0 Å². The van der Waals surface area contributed by atoms with Crippen LogP contribution in [0.3, 0.4) is 0 Å². The molecule has 1 saturated carbocycles. The molecule has 0 bridgehead atoms. The molecule has 0 aromatic heterocycles. The quantitative estimate of drug-likeness (QED) is 0.0895. The second kappa shape index (κ2) is 16.8. The van der Waals surface area contributed by atoms with Gasteiger partial charge in [-0.1, -0.05) is 12.8 Å². The fourth-order valence-electron chi connectivity index (χ4n) is 6.62. The first-order valence-corrected chi connectivity index (χ1v) is 16.2. The van der Waals surface area contributed by atoms with Gasteiger partial charge in [-0.25, -0.2) is 4.79 Å². The summed E-state index contributed by atoms with van der Waals surface area (Å²) in [5.74, 6) is -5.57. The zero-order valence-electron chi connectivity index (χ0n) is 27.0. The second-order valence-corrected chi connectivity index (χ2v) is 13.0. The van der Waals surface area contributed by atoms with Gasteiger partial charge in [-0.05, 0) is 19.8 Å². The lowest BCUT2D eigenvalue weighted by atomic mass is 9.88. The van der Waals surface area contributed by atoms with Gasteiger partial charge < -0.3 is 89.9 Å². The van der Waals surface area contributed by atoms with Crippen molar-refractivity contribution in [2.24, 2.45) is 0 Å². The lowest BCUT2D eigenvalue weighted by molar-refractivity contribution is -0.378. The number of carbonyl (C=O) groups is 2. The topological polar surface area (TPSA) is 324 Å². The van der Waals surface area contributed by atoms with Crippen molar-refractivity contribution in [1.82, 2.24) is 5.32 Å². The summed E-state index contributed by atoms with van der Waals surface area (Å²) in [6.45, 7) is 0.669. The smallest absolute Gasteiger partial charge is 0.364 e. The highest BCUT2D eigenvalue weighted by atomic mass is 16.8. The first-order chi connectivity index (χ1) is 23.0. The van der Waals surface area contributed by atoms with Crippen LogP contribution in [0.15, 0.2) is 0 Å². The fraction of sp³-hybridized carbons (Fsp3) is 0.931. The molecule has 3 saturated heterocycles. The summed E-state index contributed by atoms with van der Waals surface area (Å²) >= 11 is 0. The summed E-state index contributed by atoms with van der Waals surface area (Å²) in [6, 6.07) is -1.50. The van der Waals surface area contributed by atoms with E-state index in [-0.39, 0.29) is 0 Å². The molecule has 3 aliphatic heterocycles. The molecule has 49 heavy (non-hydrogen) atoms. The van der Waals surface area contributed by atoms with Crippen LogP contribution in [0.25, 0.3) is 0 Å². The molecule has 284 valence electrons. The fourth-order valence-corrected chi connectivity index (χ4v) is 6.62. The number of carbonyl (C=O) groups excluding carboxylic acids is 1. The summed E-state index contributed by atoms with van der Waals surface area (Å²) < 4.78 is 34.5. The van der Waals surface area contributed by atoms with Gasteiger partial charge >= 0.3 is 5.97 Å². The van der Waals surface area contributed by atoms with Crippen molar-refractivity contribution in [3.8, 4) is 0 Å². The first kappa shape index (κ1) is 40.1. The van der Waals surface area contributed by atoms with Crippen LogP contribution in [0.1, 0.15) is 46.0 Å². The molecule has 16 unspecified atom stereocenters. The third kappa shape index (κ3) is 8.68. The third-order valence-electron chi connectivity index (χ3n) is 9.40. The molecule has 0 aromatic rings. The molecule has 4 fully saturated rings. The monoisotopic (exact) mass is 715 g/mol. The summed E-state index contributed by atoms with van der Waals surface area (Å²) in [5, 5.41) is 117. The first-order valence-electron chi connectivity index (χ1n) is 16.2. The molecule has 12 N–H and O–H groups in total. The number of aliphatic carboxylic acids is 1. The minimum absolute atomic E-state index is 0.324. The molecule has 20 nitrogen and oxygen atoms in total. The van der Waals surface area contributed by atoms with Gasteiger partial charge in [-0.3, -0.25) is 4.79 Å². The van der Waals surface area contributed by atoms with E-state index in [0.29, 0.717) is 25.7 Å². The second-order valence-electron chi connectivity index (χ2n) is 13.0. The van der Waals surface area contributed by atoms with Crippen LogP contribution < -0.4 is 5.32 Å². The summed E-state index contributed by atoms with van der Waals surface area (Å²) in [7, 11) is 0. The molecule has 1 aliphatic carbocycles. The van der Waals surface area contributed by atoms with Crippen LogP contribution in [0, 0.1) is 0 Å². The van der Waals surface area contributed by atoms with Crippen molar-refractivity contribution in [3.05, 3.63) is 0 Å². The Morgan fingerprint density at radius 2 is 1.47 bits per heavy atom. The minimum Gasteiger partial charge on any atom is -0.477 e. The maximum Gasteiger partial charge on any atom is 0.364 e. The highest BCUT2D eigenvalue weighted by Crippen LogP contribution is 2.38. The Morgan fingerprint density at radius 3 is 2.00 bits per heavy atom. The maximum atomic E-state index is 12.7. The van der Waals surface area contributed by atoms with Gasteiger partial charge in [0.2, 0.25) is 5.91 Å². The van der Waals surface area contributed by atoms with Crippen LogP contribution in [-0.4, -0.2) is 191 Å². The Kier molecular flexibility index (Phi) is 13.7. The molecule has 4 rings (SSSR count). The van der Waals surface area contributed by atoms with Crippen LogP contribution >= 0.6 is 0 Å². The zero-order chi connectivity index (χ0) is 36.4. The van der Waals surface area contributed by atoms with Gasteiger partial charge in [-0.15, -0.1) is 0 Å². The minimum atomic E-state index is -2.95. The molecule has 0 spiro atoms. The van der Waals surface area contributed by atoms with Crippen LogP contribution in [-0.2, 0) is 38.0 Å². The number of hydrogen-bond donors (Lipinski definition) is 12. The van der Waals surface area contributed by atoms with Crippen molar-refractivity contribution >= 4 is 11.9 Å². The van der Waals surface area contributed by atoms with Crippen LogP contribution in [0.4, 0.5) is 0 Å². The predicted molar refractivity (Wildman–Crippen MR) is 156 cm³/mol. The molecule has 18 atom stereocenters. The molecule has 1 amide bonds. The maximum absolute atomic E-state index is 12.7. The van der Waals surface area contributed by atoms with E-state index in [9.17, 15) is 65.8 Å². The van der Waals surface area contributed by atoms with Crippen LogP contribution in [0.2, 0.25) is 0 Å². The number of ether oxygens (including phenoxy) is 6. The average molecular weight is 716 g/mol. The Morgan fingerprint density at radius 1 is 0.878 bits per heavy atom. The standard InChI is InChI=1S/C29H49NO19/c1-10-18(36)21(39)22(40)26(44-10)45-14-5-3-4-6-15(14)46-27-23(41)25(20(38)16(9-32)47-27)49-29(28(42)43)7-12(34)17(30-11(2)33)24(48-29)19(37)13(35)8-31/h10,12-27,31-32,34-41H,3-9H2,1-2H3,(H,30,33)(H,42,43)/t10?,12?,13?,14?,15?,16-,17?,18?,19?,20?,21?,22?,23?,24?,25?,26?,27?,29+/m1/s1. The Bertz CT molecular complexity index is 1100. The highest BCUT2D eigenvalue weighted by Gasteiger charge is 2.59. The normalized spacial score (nSPS) is 46.1. The zero-order valence-corrected chi connectivity index (χ0v) is 27.0. The number of carboxylic acid groups (broad SMARTS) is 1. The van der Waals surface area contributed by atoms with Gasteiger partial charge in [-0.2, -0.15) is 0 Å². The van der Waals surface area contributed by atoms with Crippen molar-refractivity contribution < 1.29 is 94.2 Å². The lowest BCUT2D eigenvalue weighted by Gasteiger charge is -2.50. The number of carboxylic acids is 1. The van der Waals surface area contributed by atoms with Gasteiger partial charge in [0, 0.05) is 13.3 Å². The number of aliphatic hydroxyl groups excluding tert-OH is 10. The molecule has 4 aliphatic rings. The number of hydrogen-bond acceptors (Lipinski definition) is 18. The van der Waals surface area contributed by atoms with E-state index in [2.05, 4.69) is 5.32 Å². The van der Waals surface area contributed by atoms with E-state index in [0.717, 1.165) is 6.92 Å². The molecular weight excluding hydrogens is 666 g/mol. The Balaban J connectivity index is 1.57. The Hall–Kier alpha value is -1.70. The average Bonchev–Trinajstić information content (AvgIpc) is 3.06. The van der Waals surface area contributed by atoms with Crippen molar-refractivity contribution in [3.63, 3.8) is 0 Å². The highest BCUT2D eigenvalue weighted by molar-refractivity contribution is 5.76.